The second kappa shape index (κ2) is 13.1. The molecule has 12 nitrogen and oxygen atoms in total. The van der Waals surface area contributed by atoms with Crippen molar-refractivity contribution in [3.63, 3.8) is 0 Å². The largest absolute Gasteiger partial charge is 0.478 e. The molecule has 0 amide bonds. The van der Waals surface area contributed by atoms with Crippen molar-refractivity contribution in [2.75, 3.05) is 27.9 Å². The molecule has 0 heterocycles. The van der Waals surface area contributed by atoms with Gasteiger partial charge >= 0.3 is 35.8 Å². The minimum absolute atomic E-state index is 0.0250. The third kappa shape index (κ3) is 7.39. The molecule has 2 rings (SSSR count). The Bertz CT molecular complexity index is 1150. The molecular weight excluding hydrogens is 468 g/mol. The van der Waals surface area contributed by atoms with Crippen LogP contribution >= 0.6 is 0 Å². The lowest BCUT2D eigenvalue weighted by Crippen LogP contribution is -2.13. The summed E-state index contributed by atoms with van der Waals surface area (Å²) in [5.74, 6) is -5.47. The quantitative estimate of drug-likeness (QED) is 0.428. The molecule has 2 N–H and O–H groups in total. The number of carboxylic acid groups (broad SMARTS) is 2. The van der Waals surface area contributed by atoms with Crippen LogP contribution in [0, 0.1) is 0 Å². The highest BCUT2D eigenvalue weighted by Crippen LogP contribution is 2.16. The fourth-order valence-corrected chi connectivity index (χ4v) is 2.60. The molecule has 2 aromatic carbocycles. The first kappa shape index (κ1) is 28.3. The van der Waals surface area contributed by atoms with E-state index in [1.54, 1.807) is 6.92 Å². The van der Waals surface area contributed by atoms with E-state index in [1.807, 2.05) is 0 Å². The van der Waals surface area contributed by atoms with Crippen molar-refractivity contribution >= 4 is 35.8 Å². The van der Waals surface area contributed by atoms with E-state index in [9.17, 15) is 28.8 Å². The molecule has 0 aromatic heterocycles. The summed E-state index contributed by atoms with van der Waals surface area (Å²) in [5, 5.41) is 17.6. The predicted octanol–water partition coefficient (Wildman–Crippen LogP) is 2.31. The zero-order valence-corrected chi connectivity index (χ0v) is 19.1. The number of hydrogen-bond acceptors (Lipinski definition) is 10. The molecule has 2 aromatic rings. The predicted molar refractivity (Wildman–Crippen MR) is 117 cm³/mol. The van der Waals surface area contributed by atoms with E-state index in [0.717, 1.165) is 18.2 Å². The van der Waals surface area contributed by atoms with E-state index in [4.69, 9.17) is 10.2 Å². The Balaban J connectivity index is 0.000000351. The first-order valence-corrected chi connectivity index (χ1v) is 9.69. The number of benzene rings is 2. The summed E-state index contributed by atoms with van der Waals surface area (Å²) in [5.41, 5.74) is -0.627. The number of esters is 4. The van der Waals surface area contributed by atoms with Gasteiger partial charge in [-0.3, -0.25) is 0 Å². The molecule has 0 saturated carbocycles. The van der Waals surface area contributed by atoms with Crippen molar-refractivity contribution in [3.05, 3.63) is 69.8 Å². The van der Waals surface area contributed by atoms with Crippen molar-refractivity contribution in [1.82, 2.24) is 0 Å². The van der Waals surface area contributed by atoms with Crippen molar-refractivity contribution < 1.29 is 57.9 Å². The Kier molecular flexibility index (Phi) is 10.6. The van der Waals surface area contributed by atoms with Gasteiger partial charge in [0.05, 0.1) is 61.3 Å². The first-order valence-electron chi connectivity index (χ1n) is 9.69. The second-order valence-corrected chi connectivity index (χ2v) is 6.33. The van der Waals surface area contributed by atoms with Crippen LogP contribution in [0.4, 0.5) is 0 Å². The molecule has 0 atom stereocenters. The third-order valence-corrected chi connectivity index (χ3v) is 4.24. The minimum atomic E-state index is -1.38. The first-order chi connectivity index (χ1) is 16.5. The summed E-state index contributed by atoms with van der Waals surface area (Å²) < 4.78 is 18.3. The van der Waals surface area contributed by atoms with Gasteiger partial charge in [0.15, 0.2) is 0 Å². The maximum absolute atomic E-state index is 11.5. The van der Waals surface area contributed by atoms with Gasteiger partial charge in [-0.1, -0.05) is 0 Å². The lowest BCUT2D eigenvalue weighted by Gasteiger charge is -2.07. The summed E-state index contributed by atoms with van der Waals surface area (Å²) in [6.45, 7) is 1.70. The molecule has 0 unspecified atom stereocenters. The number of rotatable bonds is 7. The van der Waals surface area contributed by atoms with E-state index >= 15 is 0 Å². The summed E-state index contributed by atoms with van der Waals surface area (Å²) in [6.07, 6.45) is 0. The average molecular weight is 490 g/mol. The van der Waals surface area contributed by atoms with Gasteiger partial charge in [0, 0.05) is 0 Å². The van der Waals surface area contributed by atoms with E-state index in [2.05, 4.69) is 18.9 Å². The van der Waals surface area contributed by atoms with Gasteiger partial charge in [-0.15, -0.1) is 0 Å². The van der Waals surface area contributed by atoms with Crippen molar-refractivity contribution in [1.29, 1.82) is 0 Å². The molecule has 0 saturated heterocycles. The van der Waals surface area contributed by atoms with E-state index < -0.39 is 35.8 Å². The maximum Gasteiger partial charge on any atom is 0.338 e. The standard InChI is InChI=1S/C12H12O6.C11H10O6/c1-16-10(13)7-4-5-8(11(14)17-2)9(6-7)12(15)18-3;1-2-17-11(16)7-4-3-6(9(12)13)5-8(7)10(14)15/h4-6H,1-3H3;3-5H,2H2,1H3,(H,12,13)(H,14,15). The summed E-state index contributed by atoms with van der Waals surface area (Å²) in [7, 11) is 3.58. The van der Waals surface area contributed by atoms with Gasteiger partial charge in [0.25, 0.3) is 0 Å². The highest BCUT2D eigenvalue weighted by Gasteiger charge is 2.21. The van der Waals surface area contributed by atoms with Crippen LogP contribution in [0.3, 0.4) is 0 Å². The molecule has 0 fully saturated rings. The van der Waals surface area contributed by atoms with Gasteiger partial charge in [-0.05, 0) is 43.3 Å². The highest BCUT2D eigenvalue weighted by atomic mass is 16.5. The number of hydrogen-bond donors (Lipinski definition) is 2. The molecule has 0 spiro atoms. The minimum Gasteiger partial charge on any atom is -0.478 e. The summed E-state index contributed by atoms with van der Waals surface area (Å²) >= 11 is 0. The lowest BCUT2D eigenvalue weighted by atomic mass is 10.0. The zero-order valence-electron chi connectivity index (χ0n) is 19.1. The number of aromatic carboxylic acids is 2. The molecule has 0 bridgehead atoms. The van der Waals surface area contributed by atoms with Crippen LogP contribution < -0.4 is 0 Å². The lowest BCUT2D eigenvalue weighted by molar-refractivity contribution is 0.0512. The van der Waals surface area contributed by atoms with Crippen LogP contribution in [0.15, 0.2) is 36.4 Å². The Morgan fingerprint density at radius 1 is 0.600 bits per heavy atom. The Morgan fingerprint density at radius 3 is 1.51 bits per heavy atom. The molecule has 0 aliphatic heterocycles. The maximum atomic E-state index is 11.5. The van der Waals surface area contributed by atoms with Crippen LogP contribution in [0.1, 0.15) is 69.1 Å². The molecular formula is C23H22O12. The van der Waals surface area contributed by atoms with Crippen molar-refractivity contribution in [2.24, 2.45) is 0 Å². The SMILES string of the molecule is CCOC(=O)c1ccc(C(=O)O)cc1C(=O)O.COC(=O)c1ccc(C(=O)OC)c(C(=O)OC)c1. The molecule has 35 heavy (non-hydrogen) atoms. The van der Waals surface area contributed by atoms with Crippen LogP contribution in [0.25, 0.3) is 0 Å². The molecule has 0 aliphatic carbocycles. The Hall–Kier alpha value is -4.74. The molecule has 0 radical (unpaired) electrons. The fourth-order valence-electron chi connectivity index (χ4n) is 2.60. The van der Waals surface area contributed by atoms with Crippen molar-refractivity contribution in [2.45, 2.75) is 6.92 Å². The van der Waals surface area contributed by atoms with E-state index in [1.165, 1.54) is 39.5 Å². The van der Waals surface area contributed by atoms with Gasteiger partial charge in [0.2, 0.25) is 0 Å². The van der Waals surface area contributed by atoms with E-state index in [0.29, 0.717) is 0 Å². The number of ether oxygens (including phenoxy) is 4. The summed E-state index contributed by atoms with van der Waals surface area (Å²) in [6, 6.07) is 7.11. The average Bonchev–Trinajstić information content (AvgIpc) is 2.86. The Morgan fingerprint density at radius 2 is 1.06 bits per heavy atom. The highest BCUT2D eigenvalue weighted by molar-refractivity contribution is 6.05. The topological polar surface area (TPSA) is 180 Å². The van der Waals surface area contributed by atoms with Gasteiger partial charge in [-0.2, -0.15) is 0 Å². The monoisotopic (exact) mass is 490 g/mol. The smallest absolute Gasteiger partial charge is 0.338 e. The molecule has 186 valence electrons. The Labute approximate surface area is 199 Å². The number of carbonyl (C=O) groups excluding carboxylic acids is 4. The summed E-state index contributed by atoms with van der Waals surface area (Å²) in [4.78, 5) is 67.3. The number of methoxy groups -OCH3 is 3. The van der Waals surface area contributed by atoms with Gasteiger partial charge < -0.3 is 29.2 Å². The van der Waals surface area contributed by atoms with Gasteiger partial charge in [0.1, 0.15) is 0 Å². The van der Waals surface area contributed by atoms with Crippen molar-refractivity contribution in [3.8, 4) is 0 Å². The number of carboxylic acids is 2. The van der Waals surface area contributed by atoms with Crippen LogP contribution in [0.5, 0.6) is 0 Å². The zero-order chi connectivity index (χ0) is 26.7. The fraction of sp³-hybridized carbons (Fsp3) is 0.217. The van der Waals surface area contributed by atoms with Crippen LogP contribution in [-0.4, -0.2) is 74.0 Å². The third-order valence-electron chi connectivity index (χ3n) is 4.24. The van der Waals surface area contributed by atoms with Crippen LogP contribution in [0.2, 0.25) is 0 Å². The van der Waals surface area contributed by atoms with Gasteiger partial charge in [-0.25, -0.2) is 28.8 Å². The molecule has 12 heteroatoms. The molecule has 0 aliphatic rings. The van der Waals surface area contributed by atoms with E-state index in [-0.39, 0.29) is 40.0 Å². The second-order valence-electron chi connectivity index (χ2n) is 6.33. The van der Waals surface area contributed by atoms with Crippen LogP contribution in [-0.2, 0) is 18.9 Å². The number of carbonyl (C=O) groups is 6. The normalized spacial score (nSPS) is 9.60.